The maximum absolute atomic E-state index is 12.8. The zero-order valence-corrected chi connectivity index (χ0v) is 13.8. The van der Waals surface area contributed by atoms with Crippen LogP contribution in [0, 0.1) is 5.82 Å². The van der Waals surface area contributed by atoms with Gasteiger partial charge in [0.1, 0.15) is 11.9 Å². The van der Waals surface area contributed by atoms with Crippen LogP contribution in [0.1, 0.15) is 12.0 Å². The summed E-state index contributed by atoms with van der Waals surface area (Å²) in [5, 5.41) is 0. The van der Waals surface area contributed by atoms with Crippen molar-refractivity contribution in [3.63, 3.8) is 0 Å². The molecule has 3 rings (SSSR count). The first-order valence-corrected chi connectivity index (χ1v) is 7.89. The highest BCUT2D eigenvalue weighted by Crippen LogP contribution is 2.16. The van der Waals surface area contributed by atoms with Gasteiger partial charge in [-0.15, -0.1) is 0 Å². The molecule has 1 aromatic carbocycles. The molecular weight excluding hydrogens is 325 g/mol. The molecule has 1 atom stereocenters. The van der Waals surface area contributed by atoms with E-state index in [1.165, 1.54) is 0 Å². The number of rotatable bonds is 5. The van der Waals surface area contributed by atoms with Gasteiger partial charge in [-0.25, -0.2) is 14.4 Å². The molecule has 6 nitrogen and oxygen atoms in total. The Morgan fingerprint density at radius 2 is 2.00 bits per heavy atom. The van der Waals surface area contributed by atoms with Gasteiger partial charge < -0.3 is 14.4 Å². The lowest BCUT2D eigenvalue weighted by atomic mass is 10.2. The highest BCUT2D eigenvalue weighted by molar-refractivity contribution is 5.92. The second kappa shape index (κ2) is 7.74. The summed E-state index contributed by atoms with van der Waals surface area (Å²) in [6.45, 7) is 1.05. The fourth-order valence-electron chi connectivity index (χ4n) is 2.52. The predicted molar refractivity (Wildman–Crippen MR) is 89.6 cm³/mol. The normalized spacial score (nSPS) is 17.0. The third-order valence-electron chi connectivity index (χ3n) is 3.86. The standard InChI is InChI=1S/C18H18FN3O3/c1-24-15-5-2-13(3-6-15)4-7-17(23)22-9-8-16(12-22)25-18-20-10-14(19)11-21-18/h2-7,10-11,16H,8-9,12H2,1H3. The molecule has 7 heteroatoms. The van der Waals surface area contributed by atoms with E-state index in [1.807, 2.05) is 24.3 Å². The molecule has 0 aliphatic carbocycles. The molecule has 0 spiro atoms. The number of carbonyl (C=O) groups is 1. The van der Waals surface area contributed by atoms with Crippen molar-refractivity contribution in [2.75, 3.05) is 20.2 Å². The number of aromatic nitrogens is 2. The Hall–Kier alpha value is -2.96. The van der Waals surface area contributed by atoms with Gasteiger partial charge in [0.25, 0.3) is 0 Å². The summed E-state index contributed by atoms with van der Waals surface area (Å²) in [6, 6.07) is 7.56. The second-order valence-electron chi connectivity index (χ2n) is 5.60. The monoisotopic (exact) mass is 343 g/mol. The van der Waals surface area contributed by atoms with Gasteiger partial charge >= 0.3 is 6.01 Å². The minimum atomic E-state index is -0.515. The van der Waals surface area contributed by atoms with Crippen molar-refractivity contribution >= 4 is 12.0 Å². The van der Waals surface area contributed by atoms with Gasteiger partial charge in [0.05, 0.1) is 26.0 Å². The van der Waals surface area contributed by atoms with Crippen molar-refractivity contribution in [1.29, 1.82) is 0 Å². The number of methoxy groups -OCH3 is 1. The number of amides is 1. The van der Waals surface area contributed by atoms with Crippen LogP contribution in [0.25, 0.3) is 6.08 Å². The zero-order chi connectivity index (χ0) is 17.6. The second-order valence-corrected chi connectivity index (χ2v) is 5.60. The van der Waals surface area contributed by atoms with Crippen LogP contribution in [0.3, 0.4) is 0 Å². The Balaban J connectivity index is 1.53. The summed E-state index contributed by atoms with van der Waals surface area (Å²) < 4.78 is 23.5. The van der Waals surface area contributed by atoms with Crippen LogP contribution in [0.5, 0.6) is 11.8 Å². The van der Waals surface area contributed by atoms with E-state index in [0.717, 1.165) is 23.7 Å². The number of ether oxygens (including phenoxy) is 2. The number of nitrogens with zero attached hydrogens (tertiary/aromatic N) is 3. The van der Waals surface area contributed by atoms with Gasteiger partial charge in [-0.3, -0.25) is 4.79 Å². The van der Waals surface area contributed by atoms with E-state index in [9.17, 15) is 9.18 Å². The molecule has 2 heterocycles. The highest BCUT2D eigenvalue weighted by Gasteiger charge is 2.27. The van der Waals surface area contributed by atoms with Crippen molar-refractivity contribution in [3.8, 4) is 11.8 Å². The van der Waals surface area contributed by atoms with E-state index < -0.39 is 5.82 Å². The van der Waals surface area contributed by atoms with Gasteiger partial charge in [0, 0.05) is 19.0 Å². The van der Waals surface area contributed by atoms with Crippen LogP contribution < -0.4 is 9.47 Å². The number of halogens is 1. The number of benzene rings is 1. The summed E-state index contributed by atoms with van der Waals surface area (Å²) in [4.78, 5) is 21.5. The maximum atomic E-state index is 12.8. The van der Waals surface area contributed by atoms with Gasteiger partial charge in [-0.05, 0) is 23.8 Å². The lowest BCUT2D eigenvalue weighted by Crippen LogP contribution is -2.29. The molecule has 130 valence electrons. The van der Waals surface area contributed by atoms with Crippen molar-refractivity contribution in [1.82, 2.24) is 14.9 Å². The smallest absolute Gasteiger partial charge is 0.316 e. The topological polar surface area (TPSA) is 64.5 Å². The lowest BCUT2D eigenvalue weighted by molar-refractivity contribution is -0.125. The van der Waals surface area contributed by atoms with Crippen LogP contribution in [-0.2, 0) is 4.79 Å². The molecule has 1 unspecified atom stereocenters. The molecule has 0 radical (unpaired) electrons. The van der Waals surface area contributed by atoms with Crippen molar-refractivity contribution in [2.45, 2.75) is 12.5 Å². The number of carbonyl (C=O) groups excluding carboxylic acids is 1. The van der Waals surface area contributed by atoms with Crippen LogP contribution in [0.15, 0.2) is 42.7 Å². The maximum Gasteiger partial charge on any atom is 0.316 e. The zero-order valence-electron chi connectivity index (χ0n) is 13.8. The van der Waals surface area contributed by atoms with Crippen LogP contribution in [0.4, 0.5) is 4.39 Å². The Kier molecular flexibility index (Phi) is 5.23. The molecule has 0 saturated carbocycles. The van der Waals surface area contributed by atoms with Gasteiger partial charge in [0.15, 0.2) is 5.82 Å². The van der Waals surface area contributed by atoms with Crippen molar-refractivity contribution in [2.24, 2.45) is 0 Å². The van der Waals surface area contributed by atoms with Gasteiger partial charge in [-0.1, -0.05) is 12.1 Å². The quantitative estimate of drug-likeness (QED) is 0.780. The SMILES string of the molecule is COc1ccc(C=CC(=O)N2CCC(Oc3ncc(F)cn3)C2)cc1. The summed E-state index contributed by atoms with van der Waals surface area (Å²) in [7, 11) is 1.61. The van der Waals surface area contributed by atoms with Crippen molar-refractivity contribution in [3.05, 3.63) is 54.1 Å². The minimum absolute atomic E-state index is 0.0815. The molecule has 1 aliphatic rings. The summed E-state index contributed by atoms with van der Waals surface area (Å²) in [6.07, 6.45) is 5.90. The third-order valence-corrected chi connectivity index (χ3v) is 3.86. The first-order chi connectivity index (χ1) is 12.1. The predicted octanol–water partition coefficient (Wildman–Crippen LogP) is 2.32. The average Bonchev–Trinajstić information content (AvgIpc) is 3.10. The molecule has 25 heavy (non-hydrogen) atoms. The van der Waals surface area contributed by atoms with Gasteiger partial charge in [0.2, 0.25) is 5.91 Å². The highest BCUT2D eigenvalue weighted by atomic mass is 19.1. The number of hydrogen-bond donors (Lipinski definition) is 0. The molecule has 2 aromatic rings. The van der Waals surface area contributed by atoms with Crippen LogP contribution in [0.2, 0.25) is 0 Å². The molecule has 1 fully saturated rings. The first kappa shape index (κ1) is 16.9. The largest absolute Gasteiger partial charge is 0.497 e. The molecule has 1 saturated heterocycles. The Morgan fingerprint density at radius 1 is 1.28 bits per heavy atom. The fraction of sp³-hybridized carbons (Fsp3) is 0.278. The summed E-state index contributed by atoms with van der Waals surface area (Å²) in [5.74, 6) is 0.173. The minimum Gasteiger partial charge on any atom is -0.497 e. The Labute approximate surface area is 144 Å². The molecule has 0 N–H and O–H groups in total. The van der Waals surface area contributed by atoms with E-state index in [-0.39, 0.29) is 18.0 Å². The third kappa shape index (κ3) is 4.53. The summed E-state index contributed by atoms with van der Waals surface area (Å²) in [5.41, 5.74) is 0.917. The average molecular weight is 343 g/mol. The number of hydrogen-bond acceptors (Lipinski definition) is 5. The first-order valence-electron chi connectivity index (χ1n) is 7.89. The summed E-state index contributed by atoms with van der Waals surface area (Å²) >= 11 is 0. The fourth-order valence-corrected chi connectivity index (χ4v) is 2.52. The Morgan fingerprint density at radius 3 is 2.68 bits per heavy atom. The van der Waals surface area contributed by atoms with E-state index in [0.29, 0.717) is 19.5 Å². The van der Waals surface area contributed by atoms with Crippen molar-refractivity contribution < 1.29 is 18.7 Å². The molecule has 0 bridgehead atoms. The van der Waals surface area contributed by atoms with E-state index in [1.54, 1.807) is 24.2 Å². The van der Waals surface area contributed by atoms with E-state index in [2.05, 4.69) is 9.97 Å². The molecular formula is C18H18FN3O3. The Bertz CT molecular complexity index is 747. The lowest BCUT2D eigenvalue weighted by Gasteiger charge is -2.14. The molecule has 1 aliphatic heterocycles. The molecule has 1 aromatic heterocycles. The van der Waals surface area contributed by atoms with E-state index in [4.69, 9.17) is 9.47 Å². The van der Waals surface area contributed by atoms with Crippen LogP contribution in [-0.4, -0.2) is 47.1 Å². The number of likely N-dealkylation sites (tertiary alicyclic amines) is 1. The van der Waals surface area contributed by atoms with Gasteiger partial charge in [-0.2, -0.15) is 0 Å². The van der Waals surface area contributed by atoms with Crippen LogP contribution >= 0.6 is 0 Å². The molecule has 1 amide bonds. The van der Waals surface area contributed by atoms with E-state index >= 15 is 0 Å².